The monoisotopic (exact) mass is 269 g/mol. The Balaban J connectivity index is 2.00. The molecule has 0 saturated heterocycles. The van der Waals surface area contributed by atoms with Crippen LogP contribution < -0.4 is 10.5 Å². The first-order chi connectivity index (χ1) is 9.73. The van der Waals surface area contributed by atoms with Crippen LogP contribution in [0, 0.1) is 0 Å². The van der Waals surface area contributed by atoms with E-state index in [-0.39, 0.29) is 5.41 Å². The van der Waals surface area contributed by atoms with Crippen LogP contribution in [0.15, 0.2) is 48.5 Å². The van der Waals surface area contributed by atoms with Crippen LogP contribution in [0.2, 0.25) is 0 Å². The molecule has 1 heterocycles. The Hall–Kier alpha value is -2.00. The van der Waals surface area contributed by atoms with Gasteiger partial charge < -0.3 is 15.6 Å². The first-order valence-electron chi connectivity index (χ1n) is 6.94. The number of phenols is 1. The average Bonchev–Trinajstić information content (AvgIpc) is 2.47. The molecule has 0 aromatic heterocycles. The van der Waals surface area contributed by atoms with Gasteiger partial charge in [-0.2, -0.15) is 0 Å². The van der Waals surface area contributed by atoms with Crippen LogP contribution in [0.1, 0.15) is 17.5 Å². The predicted octanol–water partition coefficient (Wildman–Crippen LogP) is 2.61. The van der Waals surface area contributed by atoms with Crippen LogP contribution in [-0.4, -0.2) is 18.3 Å². The van der Waals surface area contributed by atoms with E-state index in [2.05, 4.69) is 6.07 Å². The van der Waals surface area contributed by atoms with Gasteiger partial charge in [0.05, 0.1) is 6.61 Å². The summed E-state index contributed by atoms with van der Waals surface area (Å²) in [6.45, 7) is 1.26. The minimum atomic E-state index is -0.108. The second kappa shape index (κ2) is 5.17. The van der Waals surface area contributed by atoms with Gasteiger partial charge in [0.15, 0.2) is 0 Å². The molecule has 3 rings (SSSR count). The van der Waals surface area contributed by atoms with Crippen LogP contribution in [0.4, 0.5) is 0 Å². The first-order valence-corrected chi connectivity index (χ1v) is 6.94. The molecule has 104 valence electrons. The maximum atomic E-state index is 9.64. The molecule has 1 aliphatic rings. The fourth-order valence-corrected chi connectivity index (χ4v) is 3.05. The quantitative estimate of drug-likeness (QED) is 0.900. The highest BCUT2D eigenvalue weighted by Gasteiger charge is 2.36. The number of benzene rings is 2. The van der Waals surface area contributed by atoms with E-state index in [4.69, 9.17) is 10.5 Å². The Labute approximate surface area is 119 Å². The van der Waals surface area contributed by atoms with Gasteiger partial charge in [-0.25, -0.2) is 0 Å². The standard InChI is InChI=1S/C17H19NO2/c18-12-17(11-13-4-3-5-14(19)10-13)8-9-20-16-7-2-1-6-15(16)17/h1-7,10,19H,8-9,11-12,18H2. The SMILES string of the molecule is NCC1(Cc2cccc(O)c2)CCOc2ccccc21. The van der Waals surface area contributed by atoms with Crippen molar-refractivity contribution in [3.05, 3.63) is 59.7 Å². The number of para-hydroxylation sites is 1. The third kappa shape index (κ3) is 2.25. The van der Waals surface area contributed by atoms with E-state index in [0.717, 1.165) is 24.2 Å². The molecule has 0 saturated carbocycles. The van der Waals surface area contributed by atoms with Gasteiger partial charge in [-0.1, -0.05) is 30.3 Å². The highest BCUT2D eigenvalue weighted by molar-refractivity contribution is 5.43. The summed E-state index contributed by atoms with van der Waals surface area (Å²) < 4.78 is 5.74. The summed E-state index contributed by atoms with van der Waals surface area (Å²) in [5.74, 6) is 1.24. The van der Waals surface area contributed by atoms with Gasteiger partial charge in [-0.15, -0.1) is 0 Å². The van der Waals surface area contributed by atoms with Crippen LogP contribution in [-0.2, 0) is 11.8 Å². The Morgan fingerprint density at radius 1 is 1.15 bits per heavy atom. The molecule has 0 aliphatic carbocycles. The van der Waals surface area contributed by atoms with Crippen molar-refractivity contribution in [2.45, 2.75) is 18.3 Å². The van der Waals surface area contributed by atoms with Crippen LogP contribution in [0.5, 0.6) is 11.5 Å². The molecule has 2 aromatic carbocycles. The van der Waals surface area contributed by atoms with Crippen LogP contribution in [0.25, 0.3) is 0 Å². The molecule has 0 radical (unpaired) electrons. The Bertz CT molecular complexity index is 611. The van der Waals surface area contributed by atoms with Crippen molar-refractivity contribution in [2.24, 2.45) is 5.73 Å². The summed E-state index contributed by atoms with van der Waals surface area (Å²) in [7, 11) is 0. The van der Waals surface area contributed by atoms with E-state index in [9.17, 15) is 5.11 Å². The normalized spacial score (nSPS) is 21.1. The van der Waals surface area contributed by atoms with Crippen molar-refractivity contribution in [2.75, 3.05) is 13.2 Å². The average molecular weight is 269 g/mol. The molecule has 1 unspecified atom stereocenters. The fourth-order valence-electron chi connectivity index (χ4n) is 3.05. The van der Waals surface area contributed by atoms with Gasteiger partial charge in [0.2, 0.25) is 0 Å². The lowest BCUT2D eigenvalue weighted by Crippen LogP contribution is -2.41. The van der Waals surface area contributed by atoms with Crippen molar-refractivity contribution >= 4 is 0 Å². The van der Waals surface area contributed by atoms with Gasteiger partial charge in [-0.3, -0.25) is 0 Å². The highest BCUT2D eigenvalue weighted by Crippen LogP contribution is 2.40. The summed E-state index contributed by atoms with van der Waals surface area (Å²) in [5, 5.41) is 9.64. The molecule has 0 amide bonds. The minimum Gasteiger partial charge on any atom is -0.508 e. The van der Waals surface area contributed by atoms with E-state index in [0.29, 0.717) is 18.9 Å². The largest absolute Gasteiger partial charge is 0.508 e. The topological polar surface area (TPSA) is 55.5 Å². The van der Waals surface area contributed by atoms with Crippen molar-refractivity contribution in [3.8, 4) is 11.5 Å². The van der Waals surface area contributed by atoms with Crippen LogP contribution in [0.3, 0.4) is 0 Å². The minimum absolute atomic E-state index is 0.108. The van der Waals surface area contributed by atoms with Gasteiger partial charge in [0.25, 0.3) is 0 Å². The molecular weight excluding hydrogens is 250 g/mol. The zero-order valence-electron chi connectivity index (χ0n) is 11.4. The number of ether oxygens (including phenoxy) is 1. The molecule has 3 N–H and O–H groups in total. The van der Waals surface area contributed by atoms with E-state index in [1.807, 2.05) is 36.4 Å². The zero-order valence-corrected chi connectivity index (χ0v) is 11.4. The number of phenolic OH excluding ortho intramolecular Hbond substituents is 1. The Kier molecular flexibility index (Phi) is 3.36. The predicted molar refractivity (Wildman–Crippen MR) is 79.1 cm³/mol. The molecular formula is C17H19NO2. The molecule has 20 heavy (non-hydrogen) atoms. The van der Waals surface area contributed by atoms with Gasteiger partial charge in [0.1, 0.15) is 11.5 Å². The van der Waals surface area contributed by atoms with Crippen LogP contribution >= 0.6 is 0 Å². The maximum absolute atomic E-state index is 9.64. The molecule has 1 aliphatic heterocycles. The first kappa shape index (κ1) is 13.0. The third-order valence-electron chi connectivity index (χ3n) is 4.14. The molecule has 3 nitrogen and oxygen atoms in total. The molecule has 2 aromatic rings. The second-order valence-corrected chi connectivity index (χ2v) is 5.43. The number of hydrogen-bond acceptors (Lipinski definition) is 3. The summed E-state index contributed by atoms with van der Waals surface area (Å²) in [6, 6.07) is 15.5. The van der Waals surface area contributed by atoms with E-state index in [1.165, 1.54) is 5.56 Å². The third-order valence-corrected chi connectivity index (χ3v) is 4.14. The highest BCUT2D eigenvalue weighted by atomic mass is 16.5. The lowest BCUT2D eigenvalue weighted by atomic mass is 9.72. The zero-order chi connectivity index (χ0) is 14.0. The van der Waals surface area contributed by atoms with Gasteiger partial charge in [-0.05, 0) is 36.6 Å². The number of nitrogens with two attached hydrogens (primary N) is 1. The second-order valence-electron chi connectivity index (χ2n) is 5.43. The summed E-state index contributed by atoms with van der Waals surface area (Å²) >= 11 is 0. The summed E-state index contributed by atoms with van der Waals surface area (Å²) in [6.07, 6.45) is 1.72. The summed E-state index contributed by atoms with van der Waals surface area (Å²) in [4.78, 5) is 0. The summed E-state index contributed by atoms with van der Waals surface area (Å²) in [5.41, 5.74) is 8.29. The van der Waals surface area contributed by atoms with E-state index < -0.39 is 0 Å². The molecule has 0 fully saturated rings. The van der Waals surface area contributed by atoms with Crippen molar-refractivity contribution < 1.29 is 9.84 Å². The lowest BCUT2D eigenvalue weighted by molar-refractivity contribution is 0.215. The smallest absolute Gasteiger partial charge is 0.123 e. The number of aromatic hydroxyl groups is 1. The number of rotatable bonds is 3. The molecule has 3 heteroatoms. The number of fused-ring (bicyclic) bond motifs is 1. The molecule has 1 atom stereocenters. The Morgan fingerprint density at radius 3 is 2.80 bits per heavy atom. The fraction of sp³-hybridized carbons (Fsp3) is 0.294. The van der Waals surface area contributed by atoms with Crippen molar-refractivity contribution in [1.29, 1.82) is 0 Å². The maximum Gasteiger partial charge on any atom is 0.123 e. The van der Waals surface area contributed by atoms with E-state index in [1.54, 1.807) is 6.07 Å². The Morgan fingerprint density at radius 2 is 2.00 bits per heavy atom. The molecule has 0 spiro atoms. The van der Waals surface area contributed by atoms with Gasteiger partial charge in [0, 0.05) is 17.5 Å². The van der Waals surface area contributed by atoms with Crippen molar-refractivity contribution in [1.82, 2.24) is 0 Å². The lowest BCUT2D eigenvalue weighted by Gasteiger charge is -2.38. The van der Waals surface area contributed by atoms with Gasteiger partial charge >= 0.3 is 0 Å². The van der Waals surface area contributed by atoms with E-state index >= 15 is 0 Å². The van der Waals surface area contributed by atoms with Crippen molar-refractivity contribution in [3.63, 3.8) is 0 Å². The number of hydrogen-bond donors (Lipinski definition) is 2. The molecule has 0 bridgehead atoms.